The first kappa shape index (κ1) is 10.6. The normalized spacial score (nSPS) is 12.1. The van der Waals surface area contributed by atoms with Gasteiger partial charge >= 0.3 is 6.03 Å². The van der Waals surface area contributed by atoms with E-state index in [1.54, 1.807) is 12.4 Å². The van der Waals surface area contributed by atoms with Gasteiger partial charge in [0.05, 0.1) is 6.04 Å². The Labute approximate surface area is 83.3 Å². The van der Waals surface area contributed by atoms with Crippen LogP contribution in [0.4, 0.5) is 4.79 Å². The van der Waals surface area contributed by atoms with Gasteiger partial charge in [-0.2, -0.15) is 0 Å². The minimum absolute atomic E-state index is 0.0955. The topological polar surface area (TPSA) is 69.8 Å². The molecular weight excluding hydrogens is 180 g/mol. The van der Waals surface area contributed by atoms with Crippen LogP contribution in [0.1, 0.15) is 32.1 Å². The Morgan fingerprint density at radius 1 is 1.71 bits per heavy atom. The molecule has 14 heavy (non-hydrogen) atoms. The molecule has 1 heterocycles. The molecule has 0 bridgehead atoms. The van der Waals surface area contributed by atoms with Gasteiger partial charge in [0.1, 0.15) is 5.82 Å². The lowest BCUT2D eigenvalue weighted by atomic mass is 10.3. The number of amides is 2. The van der Waals surface area contributed by atoms with E-state index in [0.29, 0.717) is 6.54 Å². The number of carbonyl (C=O) groups excluding carboxylic acids is 1. The Morgan fingerprint density at radius 3 is 3.07 bits per heavy atom. The number of aromatic nitrogens is 2. The third-order valence-electron chi connectivity index (χ3n) is 1.81. The van der Waals surface area contributed by atoms with Crippen molar-refractivity contribution in [3.8, 4) is 0 Å². The standard InChI is InChI=1S/C9H16N4O/c1-3-4-12-9(14)13-7(2)8-10-5-6-11-8/h5-7H,3-4H2,1-2H3,(H,10,11)(H2,12,13,14). The van der Waals surface area contributed by atoms with Crippen molar-refractivity contribution in [1.29, 1.82) is 0 Å². The van der Waals surface area contributed by atoms with E-state index in [1.807, 2.05) is 13.8 Å². The lowest BCUT2D eigenvalue weighted by Gasteiger charge is -2.11. The van der Waals surface area contributed by atoms with Crippen LogP contribution in [0.25, 0.3) is 0 Å². The van der Waals surface area contributed by atoms with Gasteiger partial charge in [-0.05, 0) is 13.3 Å². The number of hydrogen-bond donors (Lipinski definition) is 3. The van der Waals surface area contributed by atoms with E-state index in [4.69, 9.17) is 0 Å². The average molecular weight is 196 g/mol. The summed E-state index contributed by atoms with van der Waals surface area (Å²) in [5.74, 6) is 0.761. The highest BCUT2D eigenvalue weighted by molar-refractivity contribution is 5.74. The summed E-state index contributed by atoms with van der Waals surface area (Å²) in [5.41, 5.74) is 0. The lowest BCUT2D eigenvalue weighted by molar-refractivity contribution is 0.237. The second-order valence-corrected chi connectivity index (χ2v) is 3.10. The van der Waals surface area contributed by atoms with Gasteiger partial charge in [0.25, 0.3) is 0 Å². The number of aromatic amines is 1. The molecule has 0 saturated carbocycles. The van der Waals surface area contributed by atoms with Crippen LogP contribution in [0, 0.1) is 0 Å². The zero-order valence-electron chi connectivity index (χ0n) is 8.50. The van der Waals surface area contributed by atoms with Gasteiger partial charge in [-0.15, -0.1) is 0 Å². The number of H-pyrrole nitrogens is 1. The van der Waals surface area contributed by atoms with Crippen LogP contribution in [-0.4, -0.2) is 22.5 Å². The zero-order chi connectivity index (χ0) is 10.4. The number of rotatable bonds is 4. The van der Waals surface area contributed by atoms with Gasteiger partial charge in [-0.3, -0.25) is 0 Å². The first-order valence-electron chi connectivity index (χ1n) is 4.77. The molecule has 0 aliphatic rings. The van der Waals surface area contributed by atoms with Crippen LogP contribution in [-0.2, 0) is 0 Å². The predicted octanol–water partition coefficient (Wildman–Crippen LogP) is 1.18. The summed E-state index contributed by atoms with van der Waals surface area (Å²) in [7, 11) is 0. The molecular formula is C9H16N4O. The van der Waals surface area contributed by atoms with E-state index in [1.165, 1.54) is 0 Å². The molecule has 0 saturated heterocycles. The average Bonchev–Trinajstić information content (AvgIpc) is 2.67. The zero-order valence-corrected chi connectivity index (χ0v) is 8.50. The summed E-state index contributed by atoms with van der Waals surface area (Å²) in [6, 6.07) is -0.252. The molecule has 1 atom stereocenters. The Hall–Kier alpha value is -1.52. The minimum Gasteiger partial charge on any atom is -0.347 e. The van der Waals surface area contributed by atoms with Gasteiger partial charge in [0.2, 0.25) is 0 Å². The van der Waals surface area contributed by atoms with Crippen molar-refractivity contribution in [1.82, 2.24) is 20.6 Å². The van der Waals surface area contributed by atoms with Gasteiger partial charge < -0.3 is 15.6 Å². The van der Waals surface area contributed by atoms with Crippen molar-refractivity contribution >= 4 is 6.03 Å². The van der Waals surface area contributed by atoms with E-state index >= 15 is 0 Å². The van der Waals surface area contributed by atoms with Crippen molar-refractivity contribution in [2.45, 2.75) is 26.3 Å². The van der Waals surface area contributed by atoms with Crippen LogP contribution in [0.5, 0.6) is 0 Å². The van der Waals surface area contributed by atoms with E-state index < -0.39 is 0 Å². The fourth-order valence-corrected chi connectivity index (χ4v) is 1.07. The van der Waals surface area contributed by atoms with Crippen molar-refractivity contribution in [2.75, 3.05) is 6.54 Å². The predicted molar refractivity (Wildman–Crippen MR) is 53.8 cm³/mol. The number of hydrogen-bond acceptors (Lipinski definition) is 2. The van der Waals surface area contributed by atoms with Crippen LogP contribution in [0.3, 0.4) is 0 Å². The van der Waals surface area contributed by atoms with Crippen LogP contribution in [0.2, 0.25) is 0 Å². The quantitative estimate of drug-likeness (QED) is 0.676. The van der Waals surface area contributed by atoms with Gasteiger partial charge in [0, 0.05) is 18.9 Å². The highest BCUT2D eigenvalue weighted by Crippen LogP contribution is 2.03. The monoisotopic (exact) mass is 196 g/mol. The Kier molecular flexibility index (Phi) is 3.97. The second kappa shape index (κ2) is 5.26. The second-order valence-electron chi connectivity index (χ2n) is 3.10. The number of imidazole rings is 1. The number of urea groups is 1. The van der Waals surface area contributed by atoms with Crippen molar-refractivity contribution in [3.63, 3.8) is 0 Å². The fourth-order valence-electron chi connectivity index (χ4n) is 1.07. The molecule has 1 aromatic heterocycles. The Balaban J connectivity index is 2.33. The first-order valence-corrected chi connectivity index (χ1v) is 4.77. The van der Waals surface area contributed by atoms with Gasteiger partial charge in [-0.25, -0.2) is 9.78 Å². The molecule has 0 aliphatic heterocycles. The summed E-state index contributed by atoms with van der Waals surface area (Å²) in [6.07, 6.45) is 4.33. The van der Waals surface area contributed by atoms with Crippen LogP contribution >= 0.6 is 0 Å². The van der Waals surface area contributed by atoms with E-state index in [2.05, 4.69) is 20.6 Å². The molecule has 2 amide bonds. The molecule has 5 nitrogen and oxygen atoms in total. The molecule has 78 valence electrons. The highest BCUT2D eigenvalue weighted by Gasteiger charge is 2.09. The number of carbonyl (C=O) groups is 1. The summed E-state index contributed by atoms with van der Waals surface area (Å²) in [4.78, 5) is 18.2. The van der Waals surface area contributed by atoms with Crippen LogP contribution in [0.15, 0.2) is 12.4 Å². The van der Waals surface area contributed by atoms with E-state index in [0.717, 1.165) is 12.2 Å². The van der Waals surface area contributed by atoms with Gasteiger partial charge in [0.15, 0.2) is 0 Å². The Morgan fingerprint density at radius 2 is 2.50 bits per heavy atom. The molecule has 0 aromatic carbocycles. The molecule has 0 fully saturated rings. The SMILES string of the molecule is CCCNC(=O)NC(C)c1ncc[nH]1. The molecule has 0 spiro atoms. The maximum atomic E-state index is 11.2. The molecule has 1 aromatic rings. The summed E-state index contributed by atoms with van der Waals surface area (Å²) < 4.78 is 0. The van der Waals surface area contributed by atoms with Crippen molar-refractivity contribution in [3.05, 3.63) is 18.2 Å². The Bertz CT molecular complexity index is 270. The molecule has 1 rings (SSSR count). The van der Waals surface area contributed by atoms with Crippen LogP contribution < -0.4 is 10.6 Å². The van der Waals surface area contributed by atoms with Gasteiger partial charge in [-0.1, -0.05) is 6.92 Å². The molecule has 3 N–H and O–H groups in total. The van der Waals surface area contributed by atoms with E-state index in [-0.39, 0.29) is 12.1 Å². The maximum absolute atomic E-state index is 11.2. The third kappa shape index (κ3) is 3.08. The van der Waals surface area contributed by atoms with E-state index in [9.17, 15) is 4.79 Å². The lowest BCUT2D eigenvalue weighted by Crippen LogP contribution is -2.37. The largest absolute Gasteiger partial charge is 0.347 e. The third-order valence-corrected chi connectivity index (χ3v) is 1.81. The summed E-state index contributed by atoms with van der Waals surface area (Å²) >= 11 is 0. The number of nitrogens with one attached hydrogen (secondary N) is 3. The summed E-state index contributed by atoms with van der Waals surface area (Å²) in [5, 5.41) is 5.51. The maximum Gasteiger partial charge on any atom is 0.315 e. The molecule has 0 aliphatic carbocycles. The minimum atomic E-state index is -0.157. The highest BCUT2D eigenvalue weighted by atomic mass is 16.2. The smallest absolute Gasteiger partial charge is 0.315 e. The molecule has 5 heteroatoms. The fraction of sp³-hybridized carbons (Fsp3) is 0.556. The van der Waals surface area contributed by atoms with Crippen molar-refractivity contribution < 1.29 is 4.79 Å². The first-order chi connectivity index (χ1) is 6.74. The molecule has 1 unspecified atom stereocenters. The molecule has 0 radical (unpaired) electrons. The number of nitrogens with zero attached hydrogens (tertiary/aromatic N) is 1. The van der Waals surface area contributed by atoms with Crippen molar-refractivity contribution in [2.24, 2.45) is 0 Å². The summed E-state index contributed by atoms with van der Waals surface area (Å²) in [6.45, 7) is 4.58.